The van der Waals surface area contributed by atoms with Crippen LogP contribution in [0.3, 0.4) is 0 Å². The highest BCUT2D eigenvalue weighted by Gasteiger charge is 2.64. The molecule has 31 heavy (non-hydrogen) atoms. The molecule has 2 bridgehead atoms. The Morgan fingerprint density at radius 1 is 0.935 bits per heavy atom. The number of nitrogens with two attached hydrogens (primary N) is 1. The van der Waals surface area contributed by atoms with Crippen molar-refractivity contribution in [3.05, 3.63) is 53.4 Å². The summed E-state index contributed by atoms with van der Waals surface area (Å²) < 4.78 is 0. The van der Waals surface area contributed by atoms with Gasteiger partial charge in [-0.1, -0.05) is 24.3 Å². The molecule has 0 saturated heterocycles. The number of carbonyl (C=O) groups excluding carboxylic acids is 4. The minimum Gasteiger partial charge on any atom is -0.364 e. The lowest BCUT2D eigenvalue weighted by atomic mass is 9.57. The molecule has 164 valence electrons. The zero-order chi connectivity index (χ0) is 22.8. The first kappa shape index (κ1) is 22.3. The van der Waals surface area contributed by atoms with Crippen LogP contribution in [-0.4, -0.2) is 23.6 Å². The zero-order valence-corrected chi connectivity index (χ0v) is 18.0. The van der Waals surface area contributed by atoms with Crippen LogP contribution in [0.1, 0.15) is 52.0 Å². The van der Waals surface area contributed by atoms with Crippen LogP contribution in [0.5, 0.6) is 0 Å². The number of fused-ring (bicyclic) bond motifs is 1. The van der Waals surface area contributed by atoms with Gasteiger partial charge in [-0.3, -0.25) is 19.2 Å². The lowest BCUT2D eigenvalue weighted by molar-refractivity contribution is -0.136. The summed E-state index contributed by atoms with van der Waals surface area (Å²) in [5, 5.41) is 7.92. The smallest absolute Gasteiger partial charge is 0.271 e. The molecular weight excluding hydrogens is 396 g/mol. The number of hydrogen-bond acceptors (Lipinski definition) is 4. The van der Waals surface area contributed by atoms with Crippen LogP contribution < -0.4 is 21.7 Å². The SMILES string of the molecule is C/C=C(\NC(=O)C12CCC(c3ccc(NC(C)=O)cc3)(C1)C2)C(=O)N/C(=C/C)C(N)=O. The van der Waals surface area contributed by atoms with Crippen molar-refractivity contribution in [3.8, 4) is 0 Å². The second-order valence-corrected chi connectivity index (χ2v) is 8.35. The fourth-order valence-electron chi connectivity index (χ4n) is 4.79. The van der Waals surface area contributed by atoms with E-state index in [-0.39, 0.29) is 28.6 Å². The first-order valence-electron chi connectivity index (χ1n) is 10.3. The standard InChI is InChI=1S/C23H28N4O4/c1-4-17(19(24)29)26-20(30)18(5-2)27-21(31)23-11-10-22(12-23,13-23)15-6-8-16(9-7-15)25-14(3)28/h4-9H,10-13H2,1-3H3,(H2,24,29)(H,25,28)(H,26,30)(H,27,31)/b17-4+,18-5-. The molecule has 0 heterocycles. The zero-order valence-electron chi connectivity index (χ0n) is 18.0. The van der Waals surface area contributed by atoms with Crippen molar-refractivity contribution in [2.45, 2.75) is 51.9 Å². The van der Waals surface area contributed by atoms with Crippen LogP contribution in [-0.2, 0) is 24.6 Å². The van der Waals surface area contributed by atoms with E-state index in [1.807, 2.05) is 24.3 Å². The number of benzene rings is 1. The Kier molecular flexibility index (Phi) is 6.01. The van der Waals surface area contributed by atoms with Crippen LogP contribution in [0.2, 0.25) is 0 Å². The predicted molar refractivity (Wildman–Crippen MR) is 116 cm³/mol. The number of allylic oxidation sites excluding steroid dienone is 2. The molecule has 5 N–H and O–H groups in total. The van der Waals surface area contributed by atoms with Crippen molar-refractivity contribution in [2.24, 2.45) is 11.1 Å². The van der Waals surface area contributed by atoms with E-state index in [9.17, 15) is 19.2 Å². The summed E-state index contributed by atoms with van der Waals surface area (Å²) in [5.41, 5.74) is 6.63. The van der Waals surface area contributed by atoms with Crippen molar-refractivity contribution >= 4 is 29.3 Å². The van der Waals surface area contributed by atoms with Gasteiger partial charge in [-0.15, -0.1) is 0 Å². The molecule has 3 aliphatic rings. The van der Waals surface area contributed by atoms with E-state index in [1.165, 1.54) is 19.1 Å². The van der Waals surface area contributed by atoms with Crippen LogP contribution in [0.25, 0.3) is 0 Å². The summed E-state index contributed by atoms with van der Waals surface area (Å²) >= 11 is 0. The molecule has 0 aromatic heterocycles. The van der Waals surface area contributed by atoms with E-state index in [1.54, 1.807) is 13.8 Å². The molecule has 3 aliphatic carbocycles. The third-order valence-corrected chi connectivity index (χ3v) is 6.32. The first-order chi connectivity index (χ1) is 14.6. The number of anilines is 1. The third-order valence-electron chi connectivity index (χ3n) is 6.32. The lowest BCUT2D eigenvalue weighted by Crippen LogP contribution is -2.51. The first-order valence-corrected chi connectivity index (χ1v) is 10.3. The molecular formula is C23H28N4O4. The number of rotatable bonds is 7. The summed E-state index contributed by atoms with van der Waals surface area (Å²) in [6.45, 7) is 4.69. The Labute approximate surface area is 181 Å². The third kappa shape index (κ3) is 4.23. The maximum Gasteiger partial charge on any atom is 0.271 e. The fraction of sp³-hybridized carbons (Fsp3) is 0.391. The molecule has 0 aliphatic heterocycles. The van der Waals surface area contributed by atoms with E-state index in [4.69, 9.17) is 5.73 Å². The summed E-state index contributed by atoms with van der Waals surface area (Å²) in [4.78, 5) is 48.0. The van der Waals surface area contributed by atoms with Gasteiger partial charge < -0.3 is 21.7 Å². The summed E-state index contributed by atoms with van der Waals surface area (Å²) in [6, 6.07) is 7.77. The van der Waals surface area contributed by atoms with E-state index < -0.39 is 17.2 Å². The molecule has 3 saturated carbocycles. The molecule has 0 radical (unpaired) electrons. The van der Waals surface area contributed by atoms with E-state index in [2.05, 4.69) is 16.0 Å². The van der Waals surface area contributed by atoms with Gasteiger partial charge in [-0.25, -0.2) is 0 Å². The average Bonchev–Trinajstić information content (AvgIpc) is 3.28. The quantitative estimate of drug-likeness (QED) is 0.499. The molecule has 4 amide bonds. The van der Waals surface area contributed by atoms with Gasteiger partial charge >= 0.3 is 0 Å². The monoisotopic (exact) mass is 424 g/mol. The van der Waals surface area contributed by atoms with Crippen LogP contribution in [0.4, 0.5) is 5.69 Å². The highest BCUT2D eigenvalue weighted by molar-refractivity contribution is 6.04. The Hall–Kier alpha value is -3.42. The topological polar surface area (TPSA) is 130 Å². The van der Waals surface area contributed by atoms with E-state index in [0.717, 1.165) is 24.1 Å². The minimum absolute atomic E-state index is 0.0250. The Balaban J connectivity index is 1.65. The number of hydrogen-bond donors (Lipinski definition) is 4. The molecule has 1 aromatic rings. The van der Waals surface area contributed by atoms with Crippen molar-refractivity contribution < 1.29 is 19.2 Å². The number of primary amides is 1. The number of amides is 4. The van der Waals surface area contributed by atoms with Crippen molar-refractivity contribution in [1.82, 2.24) is 10.6 Å². The second-order valence-electron chi connectivity index (χ2n) is 8.35. The number of carbonyl (C=O) groups is 4. The van der Waals surface area contributed by atoms with Crippen molar-refractivity contribution in [1.29, 1.82) is 0 Å². The lowest BCUT2D eigenvalue weighted by Gasteiger charge is -2.46. The molecule has 3 fully saturated rings. The van der Waals surface area contributed by atoms with Gasteiger partial charge in [0.1, 0.15) is 11.4 Å². The van der Waals surface area contributed by atoms with Gasteiger partial charge in [0.25, 0.3) is 11.8 Å². The minimum atomic E-state index is -0.750. The maximum absolute atomic E-state index is 13.0. The van der Waals surface area contributed by atoms with Gasteiger partial charge in [-0.2, -0.15) is 0 Å². The average molecular weight is 425 g/mol. The number of nitrogens with one attached hydrogen (secondary N) is 3. The van der Waals surface area contributed by atoms with Crippen LogP contribution in [0, 0.1) is 5.41 Å². The van der Waals surface area contributed by atoms with Crippen LogP contribution >= 0.6 is 0 Å². The second kappa shape index (κ2) is 8.37. The summed E-state index contributed by atoms with van der Waals surface area (Å²) in [6.07, 6.45) is 5.97. The predicted octanol–water partition coefficient (Wildman–Crippen LogP) is 1.98. The largest absolute Gasteiger partial charge is 0.364 e. The van der Waals surface area contributed by atoms with Gasteiger partial charge in [0, 0.05) is 12.6 Å². The molecule has 0 atom stereocenters. The molecule has 0 spiro atoms. The maximum atomic E-state index is 13.0. The van der Waals surface area contributed by atoms with Crippen LogP contribution in [0.15, 0.2) is 47.8 Å². The summed E-state index contributed by atoms with van der Waals surface area (Å²) in [7, 11) is 0. The Bertz CT molecular complexity index is 985. The molecule has 4 rings (SSSR count). The van der Waals surface area contributed by atoms with E-state index >= 15 is 0 Å². The highest BCUT2D eigenvalue weighted by atomic mass is 16.2. The Morgan fingerprint density at radius 2 is 1.55 bits per heavy atom. The van der Waals surface area contributed by atoms with Crippen molar-refractivity contribution in [2.75, 3.05) is 5.32 Å². The molecule has 1 aromatic carbocycles. The molecule has 8 nitrogen and oxygen atoms in total. The Morgan fingerprint density at radius 3 is 2.06 bits per heavy atom. The van der Waals surface area contributed by atoms with E-state index in [0.29, 0.717) is 12.8 Å². The van der Waals surface area contributed by atoms with Gasteiger partial charge in [0.2, 0.25) is 11.8 Å². The van der Waals surface area contributed by atoms with Gasteiger partial charge in [0.15, 0.2) is 0 Å². The van der Waals surface area contributed by atoms with Gasteiger partial charge in [-0.05, 0) is 62.6 Å². The summed E-state index contributed by atoms with van der Waals surface area (Å²) in [5.74, 6) is -1.64. The normalized spacial score (nSPS) is 24.7. The molecule has 8 heteroatoms. The molecule has 0 unspecified atom stereocenters. The van der Waals surface area contributed by atoms with Gasteiger partial charge in [0.05, 0.1) is 5.41 Å². The highest BCUT2D eigenvalue weighted by Crippen LogP contribution is 2.67. The fourth-order valence-corrected chi connectivity index (χ4v) is 4.79. The van der Waals surface area contributed by atoms with Crippen molar-refractivity contribution in [3.63, 3.8) is 0 Å².